The molecule has 0 N–H and O–H groups in total. The predicted molar refractivity (Wildman–Crippen MR) is 37.9 cm³/mol. The maximum absolute atomic E-state index is 10.8. The van der Waals surface area contributed by atoms with E-state index in [0.29, 0.717) is 12.1 Å². The van der Waals surface area contributed by atoms with Gasteiger partial charge in [0.05, 0.1) is 13.5 Å². The lowest BCUT2D eigenvalue weighted by atomic mass is 10.0. The van der Waals surface area contributed by atoms with Crippen LogP contribution in [0.4, 0.5) is 4.79 Å². The second-order valence-corrected chi connectivity index (χ2v) is 2.31. The van der Waals surface area contributed by atoms with Crippen LogP contribution in [0.25, 0.3) is 0 Å². The van der Waals surface area contributed by atoms with E-state index in [1.165, 1.54) is 18.1 Å². The van der Waals surface area contributed by atoms with Crippen LogP contribution in [-0.4, -0.2) is 30.9 Å². The minimum Gasteiger partial charge on any atom is -0.452 e. The van der Waals surface area contributed by atoms with Crippen LogP contribution in [0.2, 0.25) is 0 Å². The van der Waals surface area contributed by atoms with Crippen molar-refractivity contribution < 1.29 is 14.3 Å². The third-order valence-electron chi connectivity index (χ3n) is 1.56. The Labute approximate surface area is 64.4 Å². The fraction of sp³-hybridized carbons (Fsp3) is 0.429. The lowest BCUT2D eigenvalue weighted by molar-refractivity contribution is -0.115. The van der Waals surface area contributed by atoms with Crippen molar-refractivity contribution in [2.75, 3.05) is 14.2 Å². The molecule has 60 valence electrons. The second kappa shape index (κ2) is 2.74. The van der Waals surface area contributed by atoms with Crippen LogP contribution in [0.3, 0.4) is 0 Å². The minimum atomic E-state index is -0.441. The van der Waals surface area contributed by atoms with Gasteiger partial charge in [0.1, 0.15) is 0 Å². The molecule has 0 heterocycles. The molecule has 1 aliphatic carbocycles. The molecule has 0 fully saturated rings. The molecule has 1 rings (SSSR count). The largest absolute Gasteiger partial charge is 0.452 e. The summed E-state index contributed by atoms with van der Waals surface area (Å²) in [5.41, 5.74) is 0.710. The van der Waals surface area contributed by atoms with Crippen LogP contribution in [0.5, 0.6) is 0 Å². The van der Waals surface area contributed by atoms with E-state index in [-0.39, 0.29) is 5.78 Å². The molecule has 0 radical (unpaired) electrons. The Bertz CT molecular complexity index is 232. The number of amides is 1. The molecule has 0 aromatic rings. The molecule has 0 bridgehead atoms. The Kier molecular flexibility index (Phi) is 1.94. The molecule has 0 atom stereocenters. The van der Waals surface area contributed by atoms with Crippen molar-refractivity contribution in [3.63, 3.8) is 0 Å². The van der Waals surface area contributed by atoms with Gasteiger partial charge in [-0.1, -0.05) is 0 Å². The molecular weight excluding hydrogens is 146 g/mol. The van der Waals surface area contributed by atoms with Crippen molar-refractivity contribution in [2.45, 2.75) is 6.42 Å². The molecule has 4 nitrogen and oxygen atoms in total. The number of ether oxygens (including phenoxy) is 1. The zero-order valence-electron chi connectivity index (χ0n) is 6.46. The van der Waals surface area contributed by atoms with Gasteiger partial charge in [-0.05, 0) is 0 Å². The average molecular weight is 155 g/mol. The fourth-order valence-electron chi connectivity index (χ4n) is 0.805. The summed E-state index contributed by atoms with van der Waals surface area (Å²) in [5, 5.41) is 0. The van der Waals surface area contributed by atoms with Crippen LogP contribution < -0.4 is 0 Å². The van der Waals surface area contributed by atoms with E-state index >= 15 is 0 Å². The van der Waals surface area contributed by atoms with Gasteiger partial charge in [-0.2, -0.15) is 0 Å². The highest BCUT2D eigenvalue weighted by atomic mass is 16.5. The lowest BCUT2D eigenvalue weighted by Crippen LogP contribution is -2.31. The summed E-state index contributed by atoms with van der Waals surface area (Å²) in [5.74, 6) is 0.0516. The molecule has 4 heteroatoms. The van der Waals surface area contributed by atoms with Gasteiger partial charge in [0, 0.05) is 18.8 Å². The van der Waals surface area contributed by atoms with E-state index < -0.39 is 6.09 Å². The van der Waals surface area contributed by atoms with E-state index in [1.54, 1.807) is 7.05 Å². The van der Waals surface area contributed by atoms with Crippen LogP contribution in [0.1, 0.15) is 6.42 Å². The van der Waals surface area contributed by atoms with Gasteiger partial charge >= 0.3 is 6.09 Å². The first-order valence-corrected chi connectivity index (χ1v) is 3.20. The number of methoxy groups -OCH3 is 1. The van der Waals surface area contributed by atoms with Gasteiger partial charge in [0.2, 0.25) is 0 Å². The number of nitrogens with zero attached hydrogens (tertiary/aromatic N) is 1. The molecule has 0 spiro atoms. The average Bonchev–Trinajstić information content (AvgIpc) is 1.96. The van der Waals surface area contributed by atoms with Gasteiger partial charge in [-0.3, -0.25) is 9.69 Å². The maximum Gasteiger partial charge on any atom is 0.413 e. The summed E-state index contributed by atoms with van der Waals surface area (Å²) >= 11 is 0. The van der Waals surface area contributed by atoms with Crippen molar-refractivity contribution in [1.29, 1.82) is 0 Å². The highest BCUT2D eigenvalue weighted by Crippen LogP contribution is 2.17. The number of ketones is 1. The van der Waals surface area contributed by atoms with Gasteiger partial charge in [0.15, 0.2) is 5.78 Å². The van der Waals surface area contributed by atoms with Crippen molar-refractivity contribution in [2.24, 2.45) is 0 Å². The number of hydrogen-bond donors (Lipinski definition) is 0. The fourth-order valence-corrected chi connectivity index (χ4v) is 0.805. The first-order chi connectivity index (χ1) is 5.15. The van der Waals surface area contributed by atoms with Crippen LogP contribution in [0, 0.1) is 0 Å². The van der Waals surface area contributed by atoms with E-state index in [9.17, 15) is 9.59 Å². The Morgan fingerprint density at radius 3 is 2.64 bits per heavy atom. The van der Waals surface area contributed by atoms with Crippen LogP contribution in [0.15, 0.2) is 11.8 Å². The van der Waals surface area contributed by atoms with Gasteiger partial charge in [0.25, 0.3) is 0 Å². The standard InChI is InChI=1S/C7H9NO3/c1-8(7(10)11-2)5-3-6(9)4-5/h3H,4H2,1-2H3. The summed E-state index contributed by atoms with van der Waals surface area (Å²) in [6, 6.07) is 0. The molecule has 0 aromatic heterocycles. The molecule has 1 aliphatic rings. The number of carbonyl (C=O) groups is 2. The monoisotopic (exact) mass is 155 g/mol. The van der Waals surface area contributed by atoms with Gasteiger partial charge in [-0.25, -0.2) is 4.79 Å². The zero-order valence-corrected chi connectivity index (χ0v) is 6.46. The second-order valence-electron chi connectivity index (χ2n) is 2.31. The molecule has 0 saturated carbocycles. The first kappa shape index (κ1) is 7.78. The number of rotatable bonds is 1. The lowest BCUT2D eigenvalue weighted by Gasteiger charge is -2.22. The molecule has 0 saturated heterocycles. The Morgan fingerprint density at radius 2 is 2.27 bits per heavy atom. The zero-order chi connectivity index (χ0) is 8.43. The molecule has 0 aliphatic heterocycles. The van der Waals surface area contributed by atoms with E-state index in [0.717, 1.165) is 0 Å². The molecule has 1 amide bonds. The van der Waals surface area contributed by atoms with Crippen molar-refractivity contribution in [3.05, 3.63) is 11.8 Å². The van der Waals surface area contributed by atoms with Crippen LogP contribution >= 0.6 is 0 Å². The van der Waals surface area contributed by atoms with Crippen molar-refractivity contribution in [1.82, 2.24) is 4.90 Å². The molecule has 11 heavy (non-hydrogen) atoms. The van der Waals surface area contributed by atoms with Crippen LogP contribution in [-0.2, 0) is 9.53 Å². The normalized spacial score (nSPS) is 15.1. The van der Waals surface area contributed by atoms with E-state index in [4.69, 9.17) is 0 Å². The Hall–Kier alpha value is -1.32. The summed E-state index contributed by atoms with van der Waals surface area (Å²) in [4.78, 5) is 22.6. The quantitative estimate of drug-likeness (QED) is 0.555. The summed E-state index contributed by atoms with van der Waals surface area (Å²) in [7, 11) is 2.88. The van der Waals surface area contributed by atoms with Gasteiger partial charge in [-0.15, -0.1) is 0 Å². The molecular formula is C7H9NO3. The first-order valence-electron chi connectivity index (χ1n) is 3.20. The third kappa shape index (κ3) is 1.39. The van der Waals surface area contributed by atoms with Crippen molar-refractivity contribution in [3.8, 4) is 0 Å². The summed E-state index contributed by atoms with van der Waals surface area (Å²) in [6.45, 7) is 0. The topological polar surface area (TPSA) is 46.6 Å². The minimum absolute atomic E-state index is 0.0516. The van der Waals surface area contributed by atoms with E-state index in [2.05, 4.69) is 4.74 Å². The number of carbonyl (C=O) groups excluding carboxylic acids is 2. The maximum atomic E-state index is 10.8. The predicted octanol–water partition coefficient (Wildman–Crippen LogP) is 0.541. The Balaban J connectivity index is 2.56. The summed E-state index contributed by atoms with van der Waals surface area (Å²) < 4.78 is 4.44. The number of hydrogen-bond acceptors (Lipinski definition) is 3. The third-order valence-corrected chi connectivity index (χ3v) is 1.56. The molecule has 0 aromatic carbocycles. The highest BCUT2D eigenvalue weighted by molar-refractivity contribution is 5.99. The smallest absolute Gasteiger partial charge is 0.413 e. The summed E-state index contributed by atoms with van der Waals surface area (Å²) in [6.07, 6.45) is 1.33. The Morgan fingerprint density at radius 1 is 1.73 bits per heavy atom. The van der Waals surface area contributed by atoms with Crippen molar-refractivity contribution >= 4 is 11.9 Å². The van der Waals surface area contributed by atoms with Gasteiger partial charge < -0.3 is 4.74 Å². The number of allylic oxidation sites excluding steroid dienone is 2. The molecule has 0 unspecified atom stereocenters. The SMILES string of the molecule is COC(=O)N(C)C1=CC(=O)C1. The van der Waals surface area contributed by atoms with E-state index in [1.807, 2.05) is 0 Å². The highest BCUT2D eigenvalue weighted by Gasteiger charge is 2.22.